The average Bonchev–Trinajstić information content (AvgIpc) is 2.50. The molecule has 2 aromatic carbocycles. The normalized spacial score (nSPS) is 11.6. The monoisotopic (exact) mass is 321 g/mol. The second-order valence-electron chi connectivity index (χ2n) is 4.52. The molecule has 22 heavy (non-hydrogen) atoms. The molecular formula is C16H13ClFNO3. The van der Waals surface area contributed by atoms with Crippen molar-refractivity contribution in [2.75, 3.05) is 5.32 Å². The van der Waals surface area contributed by atoms with Crippen molar-refractivity contribution in [1.82, 2.24) is 0 Å². The fourth-order valence-electron chi connectivity index (χ4n) is 1.67. The average molecular weight is 322 g/mol. The minimum Gasteiger partial charge on any atom is -0.449 e. The van der Waals surface area contributed by atoms with E-state index in [-0.39, 0.29) is 5.56 Å². The molecule has 0 radical (unpaired) electrons. The summed E-state index contributed by atoms with van der Waals surface area (Å²) in [5, 5.41) is 2.95. The quantitative estimate of drug-likeness (QED) is 0.874. The van der Waals surface area contributed by atoms with Crippen molar-refractivity contribution in [2.24, 2.45) is 0 Å². The standard InChI is InChI=1S/C16H13ClFNO3/c1-10(15(20)19-14-5-3-2-4-13(14)17)22-16(21)11-6-8-12(18)9-7-11/h2-10H,1H3,(H,19,20)/t10-/m1/s1. The van der Waals surface area contributed by atoms with Crippen LogP contribution in [0.4, 0.5) is 10.1 Å². The molecule has 0 aliphatic carbocycles. The molecule has 4 nitrogen and oxygen atoms in total. The van der Waals surface area contributed by atoms with Crippen molar-refractivity contribution in [1.29, 1.82) is 0 Å². The van der Waals surface area contributed by atoms with Crippen LogP contribution in [0, 0.1) is 5.82 Å². The van der Waals surface area contributed by atoms with Gasteiger partial charge in [-0.05, 0) is 43.3 Å². The Bertz CT molecular complexity index is 688. The first kappa shape index (κ1) is 16.0. The molecule has 0 saturated heterocycles. The van der Waals surface area contributed by atoms with Crippen molar-refractivity contribution in [3.8, 4) is 0 Å². The number of esters is 1. The molecule has 1 N–H and O–H groups in total. The fourth-order valence-corrected chi connectivity index (χ4v) is 1.85. The number of amides is 1. The number of ether oxygens (including phenoxy) is 1. The van der Waals surface area contributed by atoms with Crippen LogP contribution in [-0.4, -0.2) is 18.0 Å². The number of halogens is 2. The maximum absolute atomic E-state index is 12.8. The van der Waals surface area contributed by atoms with E-state index in [0.29, 0.717) is 10.7 Å². The van der Waals surface area contributed by atoms with Gasteiger partial charge < -0.3 is 10.1 Å². The van der Waals surface area contributed by atoms with Crippen LogP contribution in [-0.2, 0) is 9.53 Å². The van der Waals surface area contributed by atoms with Gasteiger partial charge in [-0.1, -0.05) is 23.7 Å². The zero-order chi connectivity index (χ0) is 16.1. The minimum atomic E-state index is -1.02. The van der Waals surface area contributed by atoms with Gasteiger partial charge in [-0.25, -0.2) is 9.18 Å². The van der Waals surface area contributed by atoms with Gasteiger partial charge in [0, 0.05) is 0 Å². The first-order valence-corrected chi connectivity index (χ1v) is 6.87. The smallest absolute Gasteiger partial charge is 0.338 e. The highest BCUT2D eigenvalue weighted by molar-refractivity contribution is 6.33. The van der Waals surface area contributed by atoms with Crippen LogP contribution >= 0.6 is 11.6 Å². The minimum absolute atomic E-state index is 0.166. The molecule has 6 heteroatoms. The van der Waals surface area contributed by atoms with Gasteiger partial charge in [0.1, 0.15) is 5.82 Å². The van der Waals surface area contributed by atoms with E-state index in [4.69, 9.17) is 16.3 Å². The Labute approximate surface area is 131 Å². The van der Waals surface area contributed by atoms with E-state index in [9.17, 15) is 14.0 Å². The highest BCUT2D eigenvalue weighted by Gasteiger charge is 2.19. The lowest BCUT2D eigenvalue weighted by Crippen LogP contribution is -2.30. The molecule has 2 aromatic rings. The SMILES string of the molecule is C[C@@H](OC(=O)c1ccc(F)cc1)C(=O)Nc1ccccc1Cl. The summed E-state index contributed by atoms with van der Waals surface area (Å²) in [6, 6.07) is 11.6. The van der Waals surface area contributed by atoms with Crippen LogP contribution < -0.4 is 5.32 Å². The Kier molecular flexibility index (Phi) is 5.12. The zero-order valence-electron chi connectivity index (χ0n) is 11.7. The van der Waals surface area contributed by atoms with E-state index in [0.717, 1.165) is 12.1 Å². The summed E-state index contributed by atoms with van der Waals surface area (Å²) in [6.45, 7) is 1.44. The van der Waals surface area contributed by atoms with Crippen LogP contribution in [0.25, 0.3) is 0 Å². The number of hydrogen-bond acceptors (Lipinski definition) is 3. The molecule has 0 fully saturated rings. The maximum Gasteiger partial charge on any atom is 0.338 e. The third kappa shape index (κ3) is 4.05. The van der Waals surface area contributed by atoms with Gasteiger partial charge >= 0.3 is 5.97 Å². The molecule has 0 unspecified atom stereocenters. The van der Waals surface area contributed by atoms with Gasteiger partial charge in [0.05, 0.1) is 16.3 Å². The van der Waals surface area contributed by atoms with Crippen molar-refractivity contribution in [2.45, 2.75) is 13.0 Å². The summed E-state index contributed by atoms with van der Waals surface area (Å²) in [5.41, 5.74) is 0.595. The molecule has 114 valence electrons. The van der Waals surface area contributed by atoms with E-state index >= 15 is 0 Å². The third-order valence-corrected chi connectivity index (χ3v) is 3.19. The molecular weight excluding hydrogens is 309 g/mol. The number of rotatable bonds is 4. The van der Waals surface area contributed by atoms with E-state index in [1.807, 2.05) is 0 Å². The molecule has 2 rings (SSSR count). The maximum atomic E-state index is 12.8. The van der Waals surface area contributed by atoms with E-state index in [2.05, 4.69) is 5.32 Å². The van der Waals surface area contributed by atoms with E-state index in [1.165, 1.54) is 19.1 Å². The molecule has 0 bridgehead atoms. The Morgan fingerprint density at radius 2 is 1.77 bits per heavy atom. The molecule has 0 saturated carbocycles. The van der Waals surface area contributed by atoms with E-state index in [1.54, 1.807) is 24.3 Å². The second-order valence-corrected chi connectivity index (χ2v) is 4.93. The van der Waals surface area contributed by atoms with Crippen LogP contribution in [0.5, 0.6) is 0 Å². The number of para-hydroxylation sites is 1. The molecule has 1 atom stereocenters. The number of nitrogens with one attached hydrogen (secondary N) is 1. The number of carbonyl (C=O) groups is 2. The molecule has 0 aliphatic rings. The first-order chi connectivity index (χ1) is 10.5. The molecule has 0 spiro atoms. The summed E-state index contributed by atoms with van der Waals surface area (Å²) >= 11 is 5.93. The Morgan fingerprint density at radius 3 is 2.41 bits per heavy atom. The zero-order valence-corrected chi connectivity index (χ0v) is 12.4. The molecule has 0 aromatic heterocycles. The summed E-state index contributed by atoms with van der Waals surface area (Å²) in [4.78, 5) is 23.8. The lowest BCUT2D eigenvalue weighted by Gasteiger charge is -2.14. The van der Waals surface area contributed by atoms with Gasteiger partial charge in [-0.15, -0.1) is 0 Å². The summed E-state index contributed by atoms with van der Waals surface area (Å²) in [6.07, 6.45) is -1.02. The topological polar surface area (TPSA) is 55.4 Å². The largest absolute Gasteiger partial charge is 0.449 e. The van der Waals surface area contributed by atoms with Gasteiger partial charge in [0.15, 0.2) is 6.10 Å². The van der Waals surface area contributed by atoms with Crippen LogP contribution in [0.1, 0.15) is 17.3 Å². The van der Waals surface area contributed by atoms with Gasteiger partial charge in [-0.3, -0.25) is 4.79 Å². The number of benzene rings is 2. The van der Waals surface area contributed by atoms with Crippen molar-refractivity contribution in [3.63, 3.8) is 0 Å². The fraction of sp³-hybridized carbons (Fsp3) is 0.125. The highest BCUT2D eigenvalue weighted by atomic mass is 35.5. The summed E-state index contributed by atoms with van der Waals surface area (Å²) in [5.74, 6) is -1.67. The third-order valence-electron chi connectivity index (χ3n) is 2.86. The predicted molar refractivity (Wildman–Crippen MR) is 81.4 cm³/mol. The lowest BCUT2D eigenvalue weighted by atomic mass is 10.2. The predicted octanol–water partition coefficient (Wildman–Crippen LogP) is 3.66. The van der Waals surface area contributed by atoms with E-state index < -0.39 is 23.8 Å². The number of carbonyl (C=O) groups excluding carboxylic acids is 2. The van der Waals surface area contributed by atoms with Crippen molar-refractivity contribution >= 4 is 29.2 Å². The van der Waals surface area contributed by atoms with Crippen LogP contribution in [0.2, 0.25) is 5.02 Å². The Balaban J connectivity index is 1.98. The van der Waals surface area contributed by atoms with Gasteiger partial charge in [-0.2, -0.15) is 0 Å². The highest BCUT2D eigenvalue weighted by Crippen LogP contribution is 2.20. The van der Waals surface area contributed by atoms with Crippen LogP contribution in [0.15, 0.2) is 48.5 Å². The summed E-state index contributed by atoms with van der Waals surface area (Å²) < 4.78 is 17.8. The van der Waals surface area contributed by atoms with Crippen molar-refractivity contribution < 1.29 is 18.7 Å². The van der Waals surface area contributed by atoms with Crippen LogP contribution in [0.3, 0.4) is 0 Å². The molecule has 0 heterocycles. The van der Waals surface area contributed by atoms with Crippen molar-refractivity contribution in [3.05, 3.63) is 64.9 Å². The molecule has 1 amide bonds. The number of anilines is 1. The first-order valence-electron chi connectivity index (χ1n) is 6.49. The van der Waals surface area contributed by atoms with Gasteiger partial charge in [0.2, 0.25) is 0 Å². The Hall–Kier alpha value is -2.40. The van der Waals surface area contributed by atoms with Gasteiger partial charge in [0.25, 0.3) is 5.91 Å². The summed E-state index contributed by atoms with van der Waals surface area (Å²) in [7, 11) is 0. The lowest BCUT2D eigenvalue weighted by molar-refractivity contribution is -0.123. The number of hydrogen-bond donors (Lipinski definition) is 1. The Morgan fingerprint density at radius 1 is 1.14 bits per heavy atom. The second kappa shape index (κ2) is 7.04. The molecule has 0 aliphatic heterocycles.